The lowest BCUT2D eigenvalue weighted by molar-refractivity contribution is -0.118. The van der Waals surface area contributed by atoms with Gasteiger partial charge in [0.25, 0.3) is 5.91 Å². The van der Waals surface area contributed by atoms with E-state index in [0.29, 0.717) is 10.9 Å². The van der Waals surface area contributed by atoms with Crippen LogP contribution in [-0.4, -0.2) is 26.4 Å². The van der Waals surface area contributed by atoms with Crippen molar-refractivity contribution in [3.8, 4) is 6.07 Å². The van der Waals surface area contributed by atoms with Crippen molar-refractivity contribution < 1.29 is 4.79 Å². The van der Waals surface area contributed by atoms with Gasteiger partial charge < -0.3 is 0 Å². The van der Waals surface area contributed by atoms with Gasteiger partial charge in [-0.3, -0.25) is 14.8 Å². The van der Waals surface area contributed by atoms with E-state index in [2.05, 4.69) is 21.5 Å². The highest BCUT2D eigenvalue weighted by Crippen LogP contribution is 2.32. The molecule has 1 amide bonds. The van der Waals surface area contributed by atoms with Gasteiger partial charge in [0.15, 0.2) is 11.2 Å². The number of aromatic nitrogens is 3. The summed E-state index contributed by atoms with van der Waals surface area (Å²) < 4.78 is 2.56. The highest BCUT2D eigenvalue weighted by molar-refractivity contribution is 8.01. The molecule has 6 nitrogen and oxygen atoms in total. The van der Waals surface area contributed by atoms with Crippen molar-refractivity contribution in [2.45, 2.75) is 17.2 Å². The second-order valence-corrected chi connectivity index (χ2v) is 7.37. The van der Waals surface area contributed by atoms with Gasteiger partial charge in [0.2, 0.25) is 0 Å². The number of nitriles is 1. The van der Waals surface area contributed by atoms with Crippen LogP contribution in [0.5, 0.6) is 0 Å². The molecule has 1 N–H and O–H groups in total. The maximum Gasteiger partial charge on any atom is 0.255 e. The molecule has 0 bridgehead atoms. The Bertz CT molecular complexity index is 884. The van der Waals surface area contributed by atoms with E-state index >= 15 is 0 Å². The fourth-order valence-corrected chi connectivity index (χ4v) is 4.14. The molecule has 0 aliphatic heterocycles. The standard InChI is InChI=1S/C17H15N5OS2/c1-12-16(24-11-8-18)25-17(20-12)21-15(23)14(22-10-5-9-19-22)13-6-3-2-4-7-13/h2-7,9-10,14H,11H2,1H3,(H,20,21,23). The minimum atomic E-state index is -0.574. The first-order valence-electron chi connectivity index (χ1n) is 7.51. The molecule has 0 aliphatic carbocycles. The Balaban J connectivity index is 1.83. The van der Waals surface area contributed by atoms with Gasteiger partial charge in [0.05, 0.1) is 21.7 Å². The first-order valence-corrected chi connectivity index (χ1v) is 9.31. The molecular formula is C17H15N5OS2. The van der Waals surface area contributed by atoms with Gasteiger partial charge in [0, 0.05) is 12.4 Å². The molecule has 126 valence electrons. The third kappa shape index (κ3) is 4.07. The minimum Gasteiger partial charge on any atom is -0.300 e. The number of nitrogens with zero attached hydrogens (tertiary/aromatic N) is 4. The van der Waals surface area contributed by atoms with E-state index in [4.69, 9.17) is 5.26 Å². The number of carbonyl (C=O) groups is 1. The monoisotopic (exact) mass is 369 g/mol. The van der Waals surface area contributed by atoms with Gasteiger partial charge in [-0.05, 0) is 18.6 Å². The average Bonchev–Trinajstić information content (AvgIpc) is 3.24. The number of hydrogen-bond donors (Lipinski definition) is 1. The summed E-state index contributed by atoms with van der Waals surface area (Å²) in [4.78, 5) is 17.3. The van der Waals surface area contributed by atoms with Crippen molar-refractivity contribution in [2.24, 2.45) is 0 Å². The Labute approximate surface area is 153 Å². The van der Waals surface area contributed by atoms with Crippen molar-refractivity contribution >= 4 is 34.1 Å². The molecule has 0 spiro atoms. The highest BCUT2D eigenvalue weighted by Gasteiger charge is 2.24. The number of hydrogen-bond acceptors (Lipinski definition) is 6. The van der Waals surface area contributed by atoms with E-state index in [1.165, 1.54) is 23.1 Å². The highest BCUT2D eigenvalue weighted by atomic mass is 32.2. The van der Waals surface area contributed by atoms with E-state index < -0.39 is 6.04 Å². The van der Waals surface area contributed by atoms with E-state index in [1.54, 1.807) is 23.1 Å². The van der Waals surface area contributed by atoms with E-state index in [-0.39, 0.29) is 5.91 Å². The molecule has 1 unspecified atom stereocenters. The van der Waals surface area contributed by atoms with Gasteiger partial charge >= 0.3 is 0 Å². The van der Waals surface area contributed by atoms with Gasteiger partial charge in [-0.15, -0.1) is 0 Å². The van der Waals surface area contributed by atoms with Gasteiger partial charge in [0.1, 0.15) is 0 Å². The molecule has 0 saturated carbocycles. The number of amides is 1. The molecule has 2 heterocycles. The van der Waals surface area contributed by atoms with Crippen LogP contribution in [0.3, 0.4) is 0 Å². The number of thiazole rings is 1. The normalized spacial score (nSPS) is 11.7. The smallest absolute Gasteiger partial charge is 0.255 e. The van der Waals surface area contributed by atoms with Crippen molar-refractivity contribution in [2.75, 3.05) is 11.1 Å². The van der Waals surface area contributed by atoms with E-state index in [9.17, 15) is 4.79 Å². The summed E-state index contributed by atoms with van der Waals surface area (Å²) in [6.07, 6.45) is 3.41. The Hall–Kier alpha value is -2.63. The van der Waals surface area contributed by atoms with Gasteiger partial charge in [-0.25, -0.2) is 4.98 Å². The average molecular weight is 369 g/mol. The number of nitrogens with one attached hydrogen (secondary N) is 1. The number of thioether (sulfide) groups is 1. The van der Waals surface area contributed by atoms with Crippen LogP contribution in [0, 0.1) is 18.3 Å². The SMILES string of the molecule is Cc1nc(NC(=O)C(c2ccccc2)n2cccn2)sc1SCC#N. The fourth-order valence-electron chi connectivity index (χ4n) is 2.33. The number of aryl methyl sites for hydroxylation is 1. The lowest BCUT2D eigenvalue weighted by atomic mass is 10.1. The molecule has 2 aromatic heterocycles. The number of rotatable bonds is 6. The Kier molecular flexibility index (Phi) is 5.48. The van der Waals surface area contributed by atoms with Crippen LogP contribution in [0.2, 0.25) is 0 Å². The quantitative estimate of drug-likeness (QED) is 0.673. The summed E-state index contributed by atoms with van der Waals surface area (Å²) in [6.45, 7) is 1.87. The predicted octanol–water partition coefficient (Wildman–Crippen LogP) is 3.49. The molecule has 25 heavy (non-hydrogen) atoms. The molecule has 0 saturated heterocycles. The van der Waals surface area contributed by atoms with Crippen molar-refractivity contribution in [1.82, 2.24) is 14.8 Å². The molecule has 1 aromatic carbocycles. The van der Waals surface area contributed by atoms with Crippen LogP contribution < -0.4 is 5.32 Å². The van der Waals surface area contributed by atoms with Crippen LogP contribution >= 0.6 is 23.1 Å². The topological polar surface area (TPSA) is 83.6 Å². The van der Waals surface area contributed by atoms with Crippen molar-refractivity contribution in [3.63, 3.8) is 0 Å². The Morgan fingerprint density at radius 2 is 2.20 bits per heavy atom. The summed E-state index contributed by atoms with van der Waals surface area (Å²) in [5, 5.41) is 16.3. The number of anilines is 1. The van der Waals surface area contributed by atoms with Gasteiger partial charge in [-0.1, -0.05) is 53.4 Å². The summed E-state index contributed by atoms with van der Waals surface area (Å²) in [5.74, 6) is 0.150. The third-order valence-electron chi connectivity index (χ3n) is 3.41. The van der Waals surface area contributed by atoms with Crippen LogP contribution in [-0.2, 0) is 4.79 Å². The Morgan fingerprint density at radius 3 is 2.88 bits per heavy atom. The second-order valence-electron chi connectivity index (χ2n) is 5.13. The largest absolute Gasteiger partial charge is 0.300 e. The molecule has 1 atom stereocenters. The zero-order chi connectivity index (χ0) is 17.6. The lowest BCUT2D eigenvalue weighted by Crippen LogP contribution is -2.27. The van der Waals surface area contributed by atoms with E-state index in [0.717, 1.165) is 15.5 Å². The molecule has 0 aliphatic rings. The first kappa shape index (κ1) is 17.2. The van der Waals surface area contributed by atoms with Crippen LogP contribution in [0.4, 0.5) is 5.13 Å². The van der Waals surface area contributed by atoms with E-state index in [1.807, 2.05) is 37.3 Å². The van der Waals surface area contributed by atoms with Crippen LogP contribution in [0.15, 0.2) is 53.0 Å². The van der Waals surface area contributed by atoms with Gasteiger partial charge in [-0.2, -0.15) is 10.4 Å². The maximum atomic E-state index is 12.9. The molecular weight excluding hydrogens is 354 g/mol. The molecule has 0 radical (unpaired) electrons. The summed E-state index contributed by atoms with van der Waals surface area (Å²) >= 11 is 2.80. The number of benzene rings is 1. The summed E-state index contributed by atoms with van der Waals surface area (Å²) in [7, 11) is 0. The zero-order valence-electron chi connectivity index (χ0n) is 13.4. The first-order chi connectivity index (χ1) is 12.2. The molecule has 3 rings (SSSR count). The maximum absolute atomic E-state index is 12.9. The fraction of sp³-hybridized carbons (Fsp3) is 0.176. The van der Waals surface area contributed by atoms with Crippen LogP contribution in [0.25, 0.3) is 0 Å². The zero-order valence-corrected chi connectivity index (χ0v) is 15.0. The van der Waals surface area contributed by atoms with Crippen molar-refractivity contribution in [1.29, 1.82) is 5.26 Å². The predicted molar refractivity (Wildman–Crippen MR) is 98.6 cm³/mol. The number of carbonyl (C=O) groups excluding carboxylic acids is 1. The summed E-state index contributed by atoms with van der Waals surface area (Å²) in [5.41, 5.74) is 1.66. The molecule has 0 fully saturated rings. The second kappa shape index (κ2) is 7.96. The third-order valence-corrected chi connectivity index (χ3v) is 5.71. The molecule has 8 heteroatoms. The lowest BCUT2D eigenvalue weighted by Gasteiger charge is -2.16. The van der Waals surface area contributed by atoms with Crippen LogP contribution in [0.1, 0.15) is 17.3 Å². The Morgan fingerprint density at radius 1 is 1.40 bits per heavy atom. The minimum absolute atomic E-state index is 0.208. The molecule has 3 aromatic rings. The summed E-state index contributed by atoms with van der Waals surface area (Å²) in [6, 6.07) is 12.8. The van der Waals surface area contributed by atoms with Crippen molar-refractivity contribution in [3.05, 3.63) is 60.0 Å².